The molecule has 3 aromatic rings. The molecule has 4 rings (SSSR count). The Hall–Kier alpha value is -2.47. The van der Waals surface area contributed by atoms with Crippen LogP contribution in [0, 0.1) is 0 Å². The van der Waals surface area contributed by atoms with E-state index in [2.05, 4.69) is 44.6 Å². The summed E-state index contributed by atoms with van der Waals surface area (Å²) in [6, 6.07) is 10.4. The Bertz CT molecular complexity index is 877. The molecule has 0 spiro atoms. The molecule has 24 heavy (non-hydrogen) atoms. The molecule has 0 bridgehead atoms. The van der Waals surface area contributed by atoms with Gasteiger partial charge < -0.3 is 10.2 Å². The number of nitrogens with zero attached hydrogens (tertiary/aromatic N) is 3. The molecule has 1 aliphatic heterocycles. The highest BCUT2D eigenvalue weighted by Crippen LogP contribution is 2.38. The fourth-order valence-electron chi connectivity index (χ4n) is 3.21. The number of benzene rings is 1. The van der Waals surface area contributed by atoms with Crippen LogP contribution in [0.2, 0.25) is 0 Å². The molecule has 2 aromatic heterocycles. The lowest BCUT2D eigenvalue weighted by Gasteiger charge is -2.28. The summed E-state index contributed by atoms with van der Waals surface area (Å²) in [5.41, 5.74) is 2.32. The van der Waals surface area contributed by atoms with Crippen LogP contribution in [-0.4, -0.2) is 35.0 Å². The zero-order chi connectivity index (χ0) is 16.5. The standard InChI is InChI=1S/C18H18N4OS/c1-12-9-15(23)19-7-8-22(12)17-16-14(13-5-3-2-4-6-13)10-24-18(16)21-11-20-17/h2-6,10-12H,7-9H2,1H3,(H,19,23)/t12-/m1/s1. The third-order valence-electron chi connectivity index (χ3n) is 4.39. The van der Waals surface area contributed by atoms with Crippen molar-refractivity contribution in [3.63, 3.8) is 0 Å². The fourth-order valence-corrected chi connectivity index (χ4v) is 4.12. The Balaban J connectivity index is 1.86. The van der Waals surface area contributed by atoms with Crippen molar-refractivity contribution in [3.05, 3.63) is 42.0 Å². The molecule has 1 aliphatic rings. The summed E-state index contributed by atoms with van der Waals surface area (Å²) in [6.07, 6.45) is 2.10. The number of hydrogen-bond acceptors (Lipinski definition) is 5. The summed E-state index contributed by atoms with van der Waals surface area (Å²) in [6.45, 7) is 3.47. The molecule has 0 radical (unpaired) electrons. The van der Waals surface area contributed by atoms with Crippen molar-refractivity contribution >= 4 is 33.3 Å². The van der Waals surface area contributed by atoms with Crippen LogP contribution in [0.1, 0.15) is 13.3 Å². The smallest absolute Gasteiger partial charge is 0.222 e. The molecule has 1 aromatic carbocycles. The molecule has 5 nitrogen and oxygen atoms in total. The van der Waals surface area contributed by atoms with Gasteiger partial charge in [-0.25, -0.2) is 9.97 Å². The highest BCUT2D eigenvalue weighted by molar-refractivity contribution is 7.17. The number of anilines is 1. The lowest BCUT2D eigenvalue weighted by Crippen LogP contribution is -2.35. The lowest BCUT2D eigenvalue weighted by atomic mass is 10.1. The van der Waals surface area contributed by atoms with Gasteiger partial charge in [0.05, 0.1) is 5.39 Å². The van der Waals surface area contributed by atoms with E-state index in [1.54, 1.807) is 17.7 Å². The van der Waals surface area contributed by atoms with Crippen LogP contribution >= 0.6 is 11.3 Å². The second-order valence-electron chi connectivity index (χ2n) is 5.99. The Morgan fingerprint density at radius 2 is 2.08 bits per heavy atom. The number of carbonyl (C=O) groups is 1. The van der Waals surface area contributed by atoms with Crippen LogP contribution in [0.4, 0.5) is 5.82 Å². The molecule has 122 valence electrons. The summed E-state index contributed by atoms with van der Waals surface area (Å²) in [5, 5.41) is 6.16. The topological polar surface area (TPSA) is 58.1 Å². The van der Waals surface area contributed by atoms with Gasteiger partial charge in [0.1, 0.15) is 17.0 Å². The molecule has 1 amide bonds. The number of aromatic nitrogens is 2. The first-order chi connectivity index (χ1) is 11.7. The van der Waals surface area contributed by atoms with Crippen LogP contribution in [0.3, 0.4) is 0 Å². The molecule has 1 fully saturated rings. The third kappa shape index (κ3) is 2.63. The number of amides is 1. The lowest BCUT2D eigenvalue weighted by molar-refractivity contribution is -0.120. The summed E-state index contributed by atoms with van der Waals surface area (Å²) < 4.78 is 0. The van der Waals surface area contributed by atoms with E-state index in [4.69, 9.17) is 0 Å². The van der Waals surface area contributed by atoms with E-state index in [0.29, 0.717) is 13.0 Å². The van der Waals surface area contributed by atoms with E-state index >= 15 is 0 Å². The number of hydrogen-bond donors (Lipinski definition) is 1. The average Bonchev–Trinajstić information content (AvgIpc) is 2.96. The minimum absolute atomic E-state index is 0.101. The third-order valence-corrected chi connectivity index (χ3v) is 5.28. The number of rotatable bonds is 2. The Kier molecular flexibility index (Phi) is 3.90. The van der Waals surface area contributed by atoms with Crippen molar-refractivity contribution in [3.8, 4) is 11.1 Å². The largest absolute Gasteiger partial charge is 0.354 e. The maximum atomic E-state index is 11.8. The Morgan fingerprint density at radius 3 is 2.92 bits per heavy atom. The van der Waals surface area contributed by atoms with Gasteiger partial charge in [0.25, 0.3) is 0 Å². The van der Waals surface area contributed by atoms with Gasteiger partial charge in [-0.1, -0.05) is 30.3 Å². The van der Waals surface area contributed by atoms with Gasteiger partial charge in [-0.3, -0.25) is 4.79 Å². The summed E-state index contributed by atoms with van der Waals surface area (Å²) >= 11 is 1.63. The van der Waals surface area contributed by atoms with Crippen LogP contribution < -0.4 is 10.2 Å². The van der Waals surface area contributed by atoms with Gasteiger partial charge in [0.2, 0.25) is 5.91 Å². The zero-order valence-electron chi connectivity index (χ0n) is 13.4. The second-order valence-corrected chi connectivity index (χ2v) is 6.85. The molecule has 1 atom stereocenters. The summed E-state index contributed by atoms with van der Waals surface area (Å²) in [7, 11) is 0. The highest BCUT2D eigenvalue weighted by atomic mass is 32.1. The molecule has 3 heterocycles. The first kappa shape index (κ1) is 15.1. The van der Waals surface area contributed by atoms with E-state index < -0.39 is 0 Å². The second kappa shape index (κ2) is 6.20. The van der Waals surface area contributed by atoms with Crippen molar-refractivity contribution < 1.29 is 4.79 Å². The number of thiophene rings is 1. The maximum absolute atomic E-state index is 11.8. The fraction of sp³-hybridized carbons (Fsp3) is 0.278. The number of carbonyl (C=O) groups excluding carboxylic acids is 1. The highest BCUT2D eigenvalue weighted by Gasteiger charge is 2.25. The normalized spacial score (nSPS) is 18.5. The van der Waals surface area contributed by atoms with E-state index in [1.165, 1.54) is 0 Å². The van der Waals surface area contributed by atoms with E-state index in [-0.39, 0.29) is 11.9 Å². The van der Waals surface area contributed by atoms with E-state index in [9.17, 15) is 4.79 Å². The van der Waals surface area contributed by atoms with Crippen molar-refractivity contribution in [2.45, 2.75) is 19.4 Å². The van der Waals surface area contributed by atoms with Gasteiger partial charge in [-0.15, -0.1) is 11.3 Å². The Labute approximate surface area is 144 Å². The van der Waals surface area contributed by atoms with Crippen LogP contribution in [0.15, 0.2) is 42.0 Å². The van der Waals surface area contributed by atoms with Crippen LogP contribution in [0.5, 0.6) is 0 Å². The molecule has 1 N–H and O–H groups in total. The van der Waals surface area contributed by atoms with E-state index in [1.807, 2.05) is 18.2 Å². The van der Waals surface area contributed by atoms with Crippen molar-refractivity contribution in [2.75, 3.05) is 18.0 Å². The predicted octanol–water partition coefficient (Wildman–Crippen LogP) is 3.07. The monoisotopic (exact) mass is 338 g/mol. The number of nitrogens with one attached hydrogen (secondary N) is 1. The molecule has 6 heteroatoms. The predicted molar refractivity (Wildman–Crippen MR) is 97.3 cm³/mol. The molecular formula is C18H18N4OS. The average molecular weight is 338 g/mol. The van der Waals surface area contributed by atoms with Gasteiger partial charge in [-0.05, 0) is 12.5 Å². The molecule has 1 saturated heterocycles. The quantitative estimate of drug-likeness (QED) is 0.780. The number of fused-ring (bicyclic) bond motifs is 1. The summed E-state index contributed by atoms with van der Waals surface area (Å²) in [4.78, 5) is 24.0. The van der Waals surface area contributed by atoms with Crippen molar-refractivity contribution in [1.82, 2.24) is 15.3 Å². The zero-order valence-corrected chi connectivity index (χ0v) is 14.2. The molecular weight excluding hydrogens is 320 g/mol. The minimum Gasteiger partial charge on any atom is -0.354 e. The van der Waals surface area contributed by atoms with Crippen molar-refractivity contribution in [1.29, 1.82) is 0 Å². The van der Waals surface area contributed by atoms with Gasteiger partial charge in [-0.2, -0.15) is 0 Å². The SMILES string of the molecule is C[C@@H]1CC(=O)NCCN1c1ncnc2scc(-c3ccccc3)c12. The molecule has 0 saturated carbocycles. The van der Waals surface area contributed by atoms with Gasteiger partial charge >= 0.3 is 0 Å². The summed E-state index contributed by atoms with van der Waals surface area (Å²) in [5.74, 6) is 1.02. The van der Waals surface area contributed by atoms with E-state index in [0.717, 1.165) is 33.7 Å². The first-order valence-electron chi connectivity index (χ1n) is 8.05. The van der Waals surface area contributed by atoms with Crippen LogP contribution in [0.25, 0.3) is 21.3 Å². The Morgan fingerprint density at radius 1 is 1.25 bits per heavy atom. The first-order valence-corrected chi connectivity index (χ1v) is 8.93. The molecule has 0 unspecified atom stereocenters. The maximum Gasteiger partial charge on any atom is 0.222 e. The van der Waals surface area contributed by atoms with Gasteiger partial charge in [0, 0.05) is 36.5 Å². The van der Waals surface area contributed by atoms with Crippen molar-refractivity contribution in [2.24, 2.45) is 0 Å². The van der Waals surface area contributed by atoms with Gasteiger partial charge in [0.15, 0.2) is 0 Å². The van der Waals surface area contributed by atoms with Crippen LogP contribution in [-0.2, 0) is 4.79 Å². The molecule has 0 aliphatic carbocycles. The minimum atomic E-state index is 0.101.